The summed E-state index contributed by atoms with van der Waals surface area (Å²) in [6.07, 6.45) is 2.33. The van der Waals surface area contributed by atoms with E-state index in [0.717, 1.165) is 29.0 Å². The first-order valence-corrected chi connectivity index (χ1v) is 5.62. The molecule has 0 spiro atoms. The van der Waals surface area contributed by atoms with Crippen LogP contribution in [0.15, 0.2) is 16.6 Å². The molecule has 0 radical (unpaired) electrons. The smallest absolute Gasteiger partial charge is 0.0595 e. The topological polar surface area (TPSA) is 12.0 Å². The highest BCUT2D eigenvalue weighted by atomic mass is 79.9. The van der Waals surface area contributed by atoms with Gasteiger partial charge in [-0.1, -0.05) is 17.7 Å². The first-order chi connectivity index (χ1) is 6.29. The highest BCUT2D eigenvalue weighted by molar-refractivity contribution is 9.10. The van der Waals surface area contributed by atoms with Crippen LogP contribution in [0.4, 0.5) is 0 Å². The fourth-order valence-corrected chi connectivity index (χ4v) is 2.30. The van der Waals surface area contributed by atoms with Gasteiger partial charge in [-0.3, -0.25) is 0 Å². The average Bonchev–Trinajstić information content (AvgIpc) is 2.36. The Hall–Kier alpha value is -0.0500. The molecule has 13 heavy (non-hydrogen) atoms. The van der Waals surface area contributed by atoms with Gasteiger partial charge in [-0.25, -0.2) is 0 Å². The lowest BCUT2D eigenvalue weighted by atomic mass is 10.0. The van der Waals surface area contributed by atoms with Crippen molar-refractivity contribution in [2.75, 3.05) is 6.54 Å². The summed E-state index contributed by atoms with van der Waals surface area (Å²) in [7, 11) is 0. The predicted molar refractivity (Wildman–Crippen MR) is 59.2 cm³/mol. The van der Waals surface area contributed by atoms with Gasteiger partial charge in [0.2, 0.25) is 0 Å². The van der Waals surface area contributed by atoms with Crippen LogP contribution in [0.2, 0.25) is 5.02 Å². The van der Waals surface area contributed by atoms with Gasteiger partial charge in [-0.2, -0.15) is 0 Å². The molecule has 0 aliphatic carbocycles. The third-order valence-corrected chi connectivity index (χ3v) is 3.72. The maximum atomic E-state index is 6.20. The molecular weight excluding hydrogens is 249 g/mol. The summed E-state index contributed by atoms with van der Waals surface area (Å²) in [4.78, 5) is 0. The zero-order valence-electron chi connectivity index (χ0n) is 7.24. The Labute approximate surface area is 91.6 Å². The highest BCUT2D eigenvalue weighted by Gasteiger charge is 2.12. The second kappa shape index (κ2) is 3.99. The summed E-state index contributed by atoms with van der Waals surface area (Å²) >= 11 is 9.64. The Morgan fingerprint density at radius 2 is 2.23 bits per heavy atom. The molecule has 0 saturated heterocycles. The Balaban J connectivity index is 2.48. The molecular formula is C10H11BrClN. The molecule has 3 heteroatoms. The molecule has 1 aromatic carbocycles. The Bertz CT molecular complexity index is 325. The van der Waals surface area contributed by atoms with Gasteiger partial charge in [0, 0.05) is 11.0 Å². The van der Waals surface area contributed by atoms with Crippen molar-refractivity contribution in [1.29, 1.82) is 0 Å². The summed E-state index contributed by atoms with van der Waals surface area (Å²) in [6.45, 7) is 1.98. The van der Waals surface area contributed by atoms with Gasteiger partial charge in [0.05, 0.1) is 5.02 Å². The van der Waals surface area contributed by atoms with Crippen molar-refractivity contribution in [2.45, 2.75) is 19.4 Å². The minimum Gasteiger partial charge on any atom is -0.313 e. The van der Waals surface area contributed by atoms with E-state index in [0.29, 0.717) is 0 Å². The second-order valence-electron chi connectivity index (χ2n) is 3.28. The van der Waals surface area contributed by atoms with Crippen molar-refractivity contribution in [2.24, 2.45) is 0 Å². The van der Waals surface area contributed by atoms with E-state index in [1.54, 1.807) is 0 Å². The van der Waals surface area contributed by atoms with E-state index in [-0.39, 0.29) is 0 Å². The van der Waals surface area contributed by atoms with Crippen molar-refractivity contribution in [1.82, 2.24) is 5.32 Å². The molecule has 0 atom stereocenters. The largest absolute Gasteiger partial charge is 0.313 e. The van der Waals surface area contributed by atoms with Crippen molar-refractivity contribution in [3.63, 3.8) is 0 Å². The molecule has 0 fully saturated rings. The second-order valence-corrected chi connectivity index (χ2v) is 4.51. The Morgan fingerprint density at radius 1 is 1.38 bits per heavy atom. The first-order valence-electron chi connectivity index (χ1n) is 4.45. The van der Waals surface area contributed by atoms with Crippen molar-refractivity contribution < 1.29 is 0 Å². The van der Waals surface area contributed by atoms with Crippen molar-refractivity contribution in [3.05, 3.63) is 32.8 Å². The maximum Gasteiger partial charge on any atom is 0.0595 e. The highest BCUT2D eigenvalue weighted by Crippen LogP contribution is 2.30. The van der Waals surface area contributed by atoms with Crippen LogP contribution in [0.5, 0.6) is 0 Å². The third kappa shape index (κ3) is 1.90. The van der Waals surface area contributed by atoms with Gasteiger partial charge in [-0.05, 0) is 52.5 Å². The Morgan fingerprint density at radius 3 is 3.08 bits per heavy atom. The summed E-state index contributed by atoms with van der Waals surface area (Å²) in [6, 6.07) is 4.20. The molecule has 70 valence electrons. The quantitative estimate of drug-likeness (QED) is 0.756. The fourth-order valence-electron chi connectivity index (χ4n) is 1.68. The summed E-state index contributed by atoms with van der Waals surface area (Å²) in [5.74, 6) is 0. The number of hydrogen-bond acceptors (Lipinski definition) is 1. The normalized spacial score (nSPS) is 16.5. The molecule has 1 heterocycles. The van der Waals surface area contributed by atoms with E-state index in [2.05, 4.69) is 27.3 Å². The molecule has 1 nitrogen and oxygen atoms in total. The van der Waals surface area contributed by atoms with Gasteiger partial charge in [0.25, 0.3) is 0 Å². The number of benzene rings is 1. The molecule has 1 aliphatic heterocycles. The van der Waals surface area contributed by atoms with Gasteiger partial charge in [0.1, 0.15) is 0 Å². The minimum atomic E-state index is 0.868. The number of halogens is 2. The molecule has 0 saturated carbocycles. The van der Waals surface area contributed by atoms with Crippen LogP contribution >= 0.6 is 27.5 Å². The van der Waals surface area contributed by atoms with Crippen LogP contribution in [-0.4, -0.2) is 6.54 Å². The number of rotatable bonds is 0. The fraction of sp³-hybridized carbons (Fsp3) is 0.400. The predicted octanol–water partition coefficient (Wildman–Crippen LogP) is 3.14. The standard InChI is InChI=1S/C10H11BrClN/c11-9-4-3-7-2-1-5-13-6-8(7)10(9)12/h3-4,13H,1-2,5-6H2. The van der Waals surface area contributed by atoms with Crippen LogP contribution < -0.4 is 5.32 Å². The third-order valence-electron chi connectivity index (χ3n) is 2.39. The SMILES string of the molecule is Clc1c(Br)ccc2c1CNCCC2. The Kier molecular flexibility index (Phi) is 2.92. The molecule has 1 aliphatic rings. The van der Waals surface area contributed by atoms with Gasteiger partial charge >= 0.3 is 0 Å². The molecule has 1 aromatic rings. The molecule has 0 bridgehead atoms. The van der Waals surface area contributed by atoms with E-state index >= 15 is 0 Å². The van der Waals surface area contributed by atoms with E-state index < -0.39 is 0 Å². The van der Waals surface area contributed by atoms with E-state index in [9.17, 15) is 0 Å². The zero-order chi connectivity index (χ0) is 9.26. The van der Waals surface area contributed by atoms with Crippen LogP contribution in [-0.2, 0) is 13.0 Å². The molecule has 0 aromatic heterocycles. The van der Waals surface area contributed by atoms with Crippen molar-refractivity contribution >= 4 is 27.5 Å². The molecule has 1 N–H and O–H groups in total. The van der Waals surface area contributed by atoms with Crippen LogP contribution in [0.1, 0.15) is 17.5 Å². The zero-order valence-corrected chi connectivity index (χ0v) is 9.58. The summed E-state index contributed by atoms with van der Waals surface area (Å²) < 4.78 is 0.997. The van der Waals surface area contributed by atoms with E-state index in [4.69, 9.17) is 11.6 Å². The number of aryl methyl sites for hydroxylation is 1. The lowest BCUT2D eigenvalue weighted by Gasteiger charge is -2.08. The van der Waals surface area contributed by atoms with E-state index in [1.807, 2.05) is 6.07 Å². The van der Waals surface area contributed by atoms with Gasteiger partial charge < -0.3 is 5.32 Å². The lowest BCUT2D eigenvalue weighted by Crippen LogP contribution is -2.12. The van der Waals surface area contributed by atoms with E-state index in [1.165, 1.54) is 17.5 Å². The molecule has 0 unspecified atom stereocenters. The maximum absolute atomic E-state index is 6.20. The van der Waals surface area contributed by atoms with Crippen LogP contribution in [0.3, 0.4) is 0 Å². The summed E-state index contributed by atoms with van der Waals surface area (Å²) in [5.41, 5.74) is 2.65. The average molecular weight is 261 g/mol. The van der Waals surface area contributed by atoms with Crippen molar-refractivity contribution in [3.8, 4) is 0 Å². The van der Waals surface area contributed by atoms with Gasteiger partial charge in [-0.15, -0.1) is 0 Å². The molecule has 2 rings (SSSR count). The van der Waals surface area contributed by atoms with Crippen LogP contribution in [0, 0.1) is 0 Å². The minimum absolute atomic E-state index is 0.868. The number of nitrogens with one attached hydrogen (secondary N) is 1. The van der Waals surface area contributed by atoms with Crippen LogP contribution in [0.25, 0.3) is 0 Å². The molecule has 0 amide bonds. The number of hydrogen-bond donors (Lipinski definition) is 1. The monoisotopic (exact) mass is 259 g/mol. The lowest BCUT2D eigenvalue weighted by molar-refractivity contribution is 0.681. The number of fused-ring (bicyclic) bond motifs is 1. The summed E-state index contributed by atoms with van der Waals surface area (Å²) in [5, 5.41) is 4.23. The van der Waals surface area contributed by atoms with Gasteiger partial charge in [0.15, 0.2) is 0 Å². The first kappa shape index (κ1) is 9.50.